The Labute approximate surface area is 138 Å². The summed E-state index contributed by atoms with van der Waals surface area (Å²) in [4.78, 5) is 24.0. The number of carbonyl (C=O) groups excluding carboxylic acids is 2. The molecule has 0 heterocycles. The summed E-state index contributed by atoms with van der Waals surface area (Å²) in [5.41, 5.74) is 0.399. The van der Waals surface area contributed by atoms with Crippen molar-refractivity contribution in [3.05, 3.63) is 35.4 Å². The summed E-state index contributed by atoms with van der Waals surface area (Å²) in [6.07, 6.45) is 3.03. The van der Waals surface area contributed by atoms with Crippen LogP contribution in [0.3, 0.4) is 0 Å². The smallest absolute Gasteiger partial charge is 0.337 e. The lowest BCUT2D eigenvalue weighted by Crippen LogP contribution is -2.31. The van der Waals surface area contributed by atoms with Crippen molar-refractivity contribution in [3.8, 4) is 11.8 Å². The number of hydrogen-bond donors (Lipinski definition) is 0. The first kappa shape index (κ1) is 19.0. The fraction of sp³-hybridized carbons (Fsp3) is 0.389. The van der Waals surface area contributed by atoms with E-state index in [0.29, 0.717) is 11.1 Å². The molecule has 0 aliphatic heterocycles. The first-order chi connectivity index (χ1) is 10.5. The topological polar surface area (TPSA) is 60.4 Å². The molecule has 4 nitrogen and oxygen atoms in total. The summed E-state index contributed by atoms with van der Waals surface area (Å²) < 4.78 is 17.0. The minimum atomic E-state index is -2.47. The Kier molecular flexibility index (Phi) is 5.79. The van der Waals surface area contributed by atoms with Crippen LogP contribution in [0, 0.1) is 17.3 Å². The van der Waals surface area contributed by atoms with Gasteiger partial charge in [-0.25, -0.2) is 4.79 Å². The number of Topliss-reactive ketones (excluding diaryl/α,β-unsaturated/α-hetero) is 1. The lowest BCUT2D eigenvalue weighted by atomic mass is 9.89. The highest BCUT2D eigenvalue weighted by molar-refractivity contribution is 8.02. The highest BCUT2D eigenvalue weighted by Gasteiger charge is 2.27. The van der Waals surface area contributed by atoms with Gasteiger partial charge in [0.05, 0.1) is 12.7 Å². The third kappa shape index (κ3) is 5.26. The molecular weight excluding hydrogens is 312 g/mol. The van der Waals surface area contributed by atoms with Crippen LogP contribution >= 0.6 is 0 Å². The van der Waals surface area contributed by atoms with Crippen LogP contribution in [0.2, 0.25) is 0 Å². The maximum absolute atomic E-state index is 12.4. The number of esters is 1. The molecule has 0 amide bonds. The van der Waals surface area contributed by atoms with Crippen molar-refractivity contribution in [3.63, 3.8) is 0 Å². The lowest BCUT2D eigenvalue weighted by molar-refractivity contribution is -0.119. The highest BCUT2D eigenvalue weighted by atomic mass is 32.2. The average molecular weight is 334 g/mol. The summed E-state index contributed by atoms with van der Waals surface area (Å²) in [6, 6.07) is 6.50. The zero-order chi connectivity index (χ0) is 17.8. The van der Waals surface area contributed by atoms with Crippen molar-refractivity contribution in [1.29, 1.82) is 0 Å². The van der Waals surface area contributed by atoms with Gasteiger partial charge in [-0.05, 0) is 39.7 Å². The van der Waals surface area contributed by atoms with Gasteiger partial charge in [-0.3, -0.25) is 9.00 Å². The third-order valence-corrected chi connectivity index (χ3v) is 4.28. The molecule has 124 valence electrons. The van der Waals surface area contributed by atoms with Crippen molar-refractivity contribution in [1.82, 2.24) is 0 Å². The SMILES string of the molecule is COC(=O)c1ccc(C#CC(C(=O)C(C)(C)C)=S(C)(C)=O)cc1. The van der Waals surface area contributed by atoms with Gasteiger partial charge in [-0.15, -0.1) is 0 Å². The molecule has 0 unspecified atom stereocenters. The quantitative estimate of drug-likeness (QED) is 0.472. The van der Waals surface area contributed by atoms with Gasteiger partial charge < -0.3 is 4.74 Å². The monoisotopic (exact) mass is 334 g/mol. The molecule has 0 aliphatic rings. The Morgan fingerprint density at radius 2 is 1.61 bits per heavy atom. The van der Waals surface area contributed by atoms with Gasteiger partial charge >= 0.3 is 5.97 Å². The van der Waals surface area contributed by atoms with Gasteiger partial charge in [-0.2, -0.15) is 0 Å². The maximum Gasteiger partial charge on any atom is 0.337 e. The number of benzene rings is 1. The normalized spacial score (nSPS) is 11.2. The molecule has 0 fully saturated rings. The number of ether oxygens (including phenoxy) is 1. The second-order valence-electron chi connectivity index (χ2n) is 6.46. The largest absolute Gasteiger partial charge is 0.465 e. The van der Waals surface area contributed by atoms with E-state index in [9.17, 15) is 13.8 Å². The van der Waals surface area contributed by atoms with Gasteiger partial charge in [0.25, 0.3) is 0 Å². The molecule has 5 heteroatoms. The van der Waals surface area contributed by atoms with E-state index in [2.05, 4.69) is 16.6 Å². The summed E-state index contributed by atoms with van der Waals surface area (Å²) in [6.45, 7) is 5.31. The Hall–Kier alpha value is -2.06. The Morgan fingerprint density at radius 3 is 2.00 bits per heavy atom. The molecule has 0 saturated carbocycles. The number of ketones is 1. The molecule has 0 N–H and O–H groups in total. The van der Waals surface area contributed by atoms with Crippen LogP contribution in [0.1, 0.15) is 36.7 Å². The van der Waals surface area contributed by atoms with Crippen molar-refractivity contribution in [2.24, 2.45) is 5.41 Å². The lowest BCUT2D eigenvalue weighted by Gasteiger charge is -2.17. The summed E-state index contributed by atoms with van der Waals surface area (Å²) >= 11 is 0. The van der Waals surface area contributed by atoms with Gasteiger partial charge in [-0.1, -0.05) is 26.7 Å². The Morgan fingerprint density at radius 1 is 1.09 bits per heavy atom. The molecular formula is C18H22O4S. The summed E-state index contributed by atoms with van der Waals surface area (Å²) in [5.74, 6) is 4.98. The Bertz CT molecular complexity index is 782. The molecule has 0 bridgehead atoms. The predicted octanol–water partition coefficient (Wildman–Crippen LogP) is 2.16. The summed E-state index contributed by atoms with van der Waals surface area (Å²) in [7, 11) is -1.16. The van der Waals surface area contributed by atoms with Gasteiger partial charge in [0.2, 0.25) is 0 Å². The molecule has 0 aliphatic carbocycles. The number of carbonyl (C=O) groups is 2. The third-order valence-electron chi connectivity index (χ3n) is 3.01. The minimum absolute atomic E-state index is 0.141. The van der Waals surface area contributed by atoms with Crippen LogP contribution in [0.5, 0.6) is 0 Å². The van der Waals surface area contributed by atoms with Crippen LogP contribution in [-0.2, 0) is 19.1 Å². The van der Waals surface area contributed by atoms with Crippen LogP contribution in [0.4, 0.5) is 0 Å². The average Bonchev–Trinajstić information content (AvgIpc) is 2.44. The van der Waals surface area contributed by atoms with E-state index in [1.54, 1.807) is 45.0 Å². The molecule has 0 radical (unpaired) electrons. The first-order valence-corrected chi connectivity index (χ1v) is 9.40. The molecule has 1 aromatic rings. The molecule has 0 saturated heterocycles. The van der Waals surface area contributed by atoms with E-state index in [-0.39, 0.29) is 10.6 Å². The van der Waals surface area contributed by atoms with Gasteiger partial charge in [0.1, 0.15) is 4.86 Å². The minimum Gasteiger partial charge on any atom is -0.465 e. The number of methoxy groups -OCH3 is 1. The van der Waals surface area contributed by atoms with Gasteiger partial charge in [0.15, 0.2) is 5.78 Å². The zero-order valence-electron chi connectivity index (χ0n) is 14.4. The van der Waals surface area contributed by atoms with E-state index in [4.69, 9.17) is 0 Å². The molecule has 23 heavy (non-hydrogen) atoms. The highest BCUT2D eigenvalue weighted by Crippen LogP contribution is 2.16. The van der Waals surface area contributed by atoms with Crippen molar-refractivity contribution in [2.75, 3.05) is 19.6 Å². The van der Waals surface area contributed by atoms with Crippen LogP contribution in [0.25, 0.3) is 0 Å². The van der Waals surface area contributed by atoms with E-state index in [0.717, 1.165) is 0 Å². The van der Waals surface area contributed by atoms with Crippen LogP contribution < -0.4 is 0 Å². The summed E-state index contributed by atoms with van der Waals surface area (Å²) in [5, 5.41) is 0. The second kappa shape index (κ2) is 7.01. The van der Waals surface area contributed by atoms with Crippen LogP contribution in [-0.4, -0.2) is 40.4 Å². The van der Waals surface area contributed by atoms with Crippen molar-refractivity contribution >= 4 is 26.1 Å². The fourth-order valence-electron chi connectivity index (χ4n) is 1.68. The molecule has 0 spiro atoms. The molecule has 1 rings (SSSR count). The molecule has 0 atom stereocenters. The van der Waals surface area contributed by atoms with E-state index in [1.807, 2.05) is 0 Å². The predicted molar refractivity (Wildman–Crippen MR) is 94.1 cm³/mol. The van der Waals surface area contributed by atoms with E-state index < -0.39 is 20.9 Å². The zero-order valence-corrected chi connectivity index (χ0v) is 15.2. The number of hydrogen-bond acceptors (Lipinski definition) is 4. The standard InChI is InChI=1S/C18H22O4S/c1-18(2,3)16(19)15(23(5,6)21)12-9-13-7-10-14(11-8-13)17(20)22-4/h7-8,10-11H,1-6H3. The van der Waals surface area contributed by atoms with E-state index >= 15 is 0 Å². The molecule has 1 aromatic carbocycles. The van der Waals surface area contributed by atoms with Crippen molar-refractivity contribution < 1.29 is 18.5 Å². The van der Waals surface area contributed by atoms with Crippen molar-refractivity contribution in [2.45, 2.75) is 20.8 Å². The second-order valence-corrected chi connectivity index (χ2v) is 9.33. The van der Waals surface area contributed by atoms with Crippen LogP contribution in [0.15, 0.2) is 24.3 Å². The molecule has 0 aromatic heterocycles. The fourth-order valence-corrected chi connectivity index (χ4v) is 2.73. The maximum atomic E-state index is 12.4. The van der Waals surface area contributed by atoms with Gasteiger partial charge in [0, 0.05) is 23.5 Å². The number of rotatable bonds is 2. The van der Waals surface area contributed by atoms with E-state index in [1.165, 1.54) is 19.6 Å². The first-order valence-electron chi connectivity index (χ1n) is 7.03. The Balaban J connectivity index is 3.24.